The highest BCUT2D eigenvalue weighted by molar-refractivity contribution is 7.89. The van der Waals surface area contributed by atoms with Crippen molar-refractivity contribution in [2.45, 2.75) is 30.5 Å². The zero-order valence-electron chi connectivity index (χ0n) is 12.2. The first-order valence-corrected chi connectivity index (χ1v) is 8.48. The highest BCUT2D eigenvalue weighted by Gasteiger charge is 2.39. The average Bonchev–Trinajstić information content (AvgIpc) is 2.79. The molecule has 1 aromatic rings. The van der Waals surface area contributed by atoms with Gasteiger partial charge in [0, 0.05) is 12.6 Å². The zero-order chi connectivity index (χ0) is 16.7. The number of alkyl halides is 3. The molecule has 2 rings (SSSR count). The molecule has 10 heteroatoms. The van der Waals surface area contributed by atoms with Gasteiger partial charge in [0.25, 0.3) is 0 Å². The van der Waals surface area contributed by atoms with Crippen LogP contribution in [0.1, 0.15) is 18.9 Å². The minimum Gasteiger partial charge on any atom is -0.330 e. The third kappa shape index (κ3) is 4.11. The van der Waals surface area contributed by atoms with E-state index in [1.54, 1.807) is 6.92 Å². The van der Waals surface area contributed by atoms with Crippen molar-refractivity contribution in [3.63, 3.8) is 0 Å². The fourth-order valence-electron chi connectivity index (χ4n) is 2.62. The van der Waals surface area contributed by atoms with Gasteiger partial charge in [0.05, 0.1) is 10.6 Å². The Balaban J connectivity index is 0.00000264. The van der Waals surface area contributed by atoms with Crippen molar-refractivity contribution in [1.29, 1.82) is 0 Å². The molecular weight excluding hydrogens is 376 g/mol. The van der Waals surface area contributed by atoms with Gasteiger partial charge in [-0.2, -0.15) is 17.5 Å². The summed E-state index contributed by atoms with van der Waals surface area (Å²) in [5, 5.41) is -0.226. The Hall–Kier alpha value is -0.540. The summed E-state index contributed by atoms with van der Waals surface area (Å²) < 4.78 is 64.8. The summed E-state index contributed by atoms with van der Waals surface area (Å²) in [5.74, 6) is -0.00523. The van der Waals surface area contributed by atoms with Gasteiger partial charge in [-0.05, 0) is 44.0 Å². The number of nitrogens with two attached hydrogens (primary N) is 1. The van der Waals surface area contributed by atoms with Crippen LogP contribution in [0.5, 0.6) is 0 Å². The molecule has 0 bridgehead atoms. The third-order valence-corrected chi connectivity index (χ3v) is 6.24. The maximum Gasteiger partial charge on any atom is 0.416 e. The lowest BCUT2D eigenvalue weighted by Gasteiger charge is -2.22. The van der Waals surface area contributed by atoms with Crippen LogP contribution in [0.15, 0.2) is 23.1 Å². The molecule has 0 amide bonds. The van der Waals surface area contributed by atoms with Crippen molar-refractivity contribution < 1.29 is 21.6 Å². The Morgan fingerprint density at radius 1 is 1.39 bits per heavy atom. The fourth-order valence-corrected chi connectivity index (χ4v) is 4.84. The van der Waals surface area contributed by atoms with Gasteiger partial charge in [0.15, 0.2) is 0 Å². The van der Waals surface area contributed by atoms with Crippen molar-refractivity contribution in [2.75, 3.05) is 13.1 Å². The van der Waals surface area contributed by atoms with E-state index in [2.05, 4.69) is 0 Å². The summed E-state index contributed by atoms with van der Waals surface area (Å²) in [6.45, 7) is 2.22. The lowest BCUT2D eigenvalue weighted by Crippen LogP contribution is -2.34. The summed E-state index contributed by atoms with van der Waals surface area (Å²) in [6.07, 6.45) is -4.06. The second-order valence-corrected chi connectivity index (χ2v) is 7.67. The Labute approximate surface area is 144 Å². The van der Waals surface area contributed by atoms with Crippen LogP contribution in [0, 0.1) is 5.92 Å². The van der Waals surface area contributed by atoms with Gasteiger partial charge < -0.3 is 5.73 Å². The second-order valence-electron chi connectivity index (χ2n) is 5.40. The number of rotatable bonds is 3. The van der Waals surface area contributed by atoms with Crippen LogP contribution in [0.25, 0.3) is 0 Å². The smallest absolute Gasteiger partial charge is 0.330 e. The molecule has 132 valence electrons. The molecule has 0 saturated carbocycles. The molecule has 0 spiro atoms. The second kappa shape index (κ2) is 7.14. The van der Waals surface area contributed by atoms with E-state index in [4.69, 9.17) is 17.3 Å². The molecule has 1 fully saturated rings. The van der Waals surface area contributed by atoms with Gasteiger partial charge in [0.1, 0.15) is 4.90 Å². The fraction of sp³-hybridized carbons (Fsp3) is 0.538. The molecular formula is C13H17Cl2F3N2O2S. The predicted molar refractivity (Wildman–Crippen MR) is 84.2 cm³/mol. The Morgan fingerprint density at radius 2 is 2.00 bits per heavy atom. The van der Waals surface area contributed by atoms with Crippen molar-refractivity contribution in [3.8, 4) is 0 Å². The van der Waals surface area contributed by atoms with Gasteiger partial charge in [-0.3, -0.25) is 0 Å². The molecule has 0 aliphatic carbocycles. The van der Waals surface area contributed by atoms with E-state index >= 15 is 0 Å². The number of nitrogens with zero attached hydrogens (tertiary/aromatic N) is 1. The first kappa shape index (κ1) is 20.5. The number of sulfonamides is 1. The lowest BCUT2D eigenvalue weighted by atomic mass is 10.1. The lowest BCUT2D eigenvalue weighted by molar-refractivity contribution is -0.137. The van der Waals surface area contributed by atoms with Crippen LogP contribution >= 0.6 is 24.0 Å². The molecule has 2 unspecified atom stereocenters. The number of hydrogen-bond donors (Lipinski definition) is 1. The third-order valence-electron chi connectivity index (χ3n) is 3.78. The maximum absolute atomic E-state index is 12.8. The normalized spacial score (nSPS) is 22.9. The average molecular weight is 393 g/mol. The van der Waals surface area contributed by atoms with Crippen LogP contribution in [0.3, 0.4) is 0 Å². The zero-order valence-corrected chi connectivity index (χ0v) is 14.6. The predicted octanol–water partition coefficient (Wildman–Crippen LogP) is 3.14. The number of benzene rings is 1. The van der Waals surface area contributed by atoms with Crippen LogP contribution in [-0.4, -0.2) is 31.9 Å². The topological polar surface area (TPSA) is 63.4 Å². The molecule has 2 atom stereocenters. The summed E-state index contributed by atoms with van der Waals surface area (Å²) in [6, 6.07) is 1.97. The van der Waals surface area contributed by atoms with E-state index in [0.29, 0.717) is 19.0 Å². The van der Waals surface area contributed by atoms with Gasteiger partial charge in [-0.15, -0.1) is 12.4 Å². The van der Waals surface area contributed by atoms with E-state index in [-0.39, 0.29) is 35.9 Å². The van der Waals surface area contributed by atoms with Crippen molar-refractivity contribution in [3.05, 3.63) is 28.8 Å². The minimum absolute atomic E-state index is 0. The Bertz CT molecular complexity index is 668. The quantitative estimate of drug-likeness (QED) is 0.858. The van der Waals surface area contributed by atoms with E-state index in [1.165, 1.54) is 4.31 Å². The summed E-state index contributed by atoms with van der Waals surface area (Å²) >= 11 is 5.83. The van der Waals surface area contributed by atoms with Gasteiger partial charge in [-0.1, -0.05) is 11.6 Å². The molecule has 0 aromatic heterocycles. The van der Waals surface area contributed by atoms with E-state index in [1.807, 2.05) is 0 Å². The van der Waals surface area contributed by atoms with Crippen LogP contribution < -0.4 is 5.73 Å². The summed E-state index contributed by atoms with van der Waals surface area (Å²) in [4.78, 5) is -0.520. The molecule has 1 saturated heterocycles. The van der Waals surface area contributed by atoms with Gasteiger partial charge in [0.2, 0.25) is 10.0 Å². The number of hydrogen-bond acceptors (Lipinski definition) is 3. The molecule has 4 nitrogen and oxygen atoms in total. The standard InChI is InChI=1S/C13H16ClF3N2O2S.ClH/c1-8-4-9(6-18)7-19(8)22(20,21)12-5-10(13(15,16)17)2-3-11(12)14;/h2-3,5,8-9H,4,6-7,18H2,1H3;1H. The maximum atomic E-state index is 12.8. The highest BCUT2D eigenvalue weighted by Crippen LogP contribution is 2.36. The monoisotopic (exact) mass is 392 g/mol. The van der Waals surface area contributed by atoms with E-state index in [0.717, 1.165) is 12.1 Å². The Morgan fingerprint density at radius 3 is 2.48 bits per heavy atom. The van der Waals surface area contributed by atoms with Crippen LogP contribution in [-0.2, 0) is 16.2 Å². The largest absolute Gasteiger partial charge is 0.416 e. The summed E-state index contributed by atoms with van der Waals surface area (Å²) in [5.41, 5.74) is 4.51. The van der Waals surface area contributed by atoms with E-state index < -0.39 is 26.7 Å². The van der Waals surface area contributed by atoms with E-state index in [9.17, 15) is 21.6 Å². The van der Waals surface area contributed by atoms with Crippen LogP contribution in [0.4, 0.5) is 13.2 Å². The molecule has 1 aromatic carbocycles. The van der Waals surface area contributed by atoms with Crippen LogP contribution in [0.2, 0.25) is 5.02 Å². The first-order chi connectivity index (χ1) is 10.1. The first-order valence-electron chi connectivity index (χ1n) is 6.66. The van der Waals surface area contributed by atoms with Crippen molar-refractivity contribution in [2.24, 2.45) is 11.7 Å². The van der Waals surface area contributed by atoms with Crippen molar-refractivity contribution in [1.82, 2.24) is 4.31 Å². The molecule has 0 radical (unpaired) electrons. The van der Waals surface area contributed by atoms with Gasteiger partial charge >= 0.3 is 6.18 Å². The number of halogens is 5. The highest BCUT2D eigenvalue weighted by atomic mass is 35.5. The Kier molecular flexibility index (Phi) is 6.37. The minimum atomic E-state index is -4.63. The SMILES string of the molecule is CC1CC(CN)CN1S(=O)(=O)c1cc(C(F)(F)F)ccc1Cl.Cl. The molecule has 1 heterocycles. The summed E-state index contributed by atoms with van der Waals surface area (Å²) in [7, 11) is -4.10. The van der Waals surface area contributed by atoms with Gasteiger partial charge in [-0.25, -0.2) is 8.42 Å². The molecule has 1 aliphatic heterocycles. The van der Waals surface area contributed by atoms with Crippen molar-refractivity contribution >= 4 is 34.0 Å². The molecule has 1 aliphatic rings. The molecule has 23 heavy (non-hydrogen) atoms. The molecule has 2 N–H and O–H groups in total.